The first-order valence-corrected chi connectivity index (χ1v) is 7.23. The molecule has 0 bridgehead atoms. The third-order valence-electron chi connectivity index (χ3n) is 4.01. The Morgan fingerprint density at radius 1 is 1.10 bits per heavy atom. The molecule has 1 aliphatic heterocycles. The van der Waals surface area contributed by atoms with E-state index in [9.17, 15) is 0 Å². The van der Waals surface area contributed by atoms with Crippen molar-refractivity contribution in [2.24, 2.45) is 0 Å². The Labute approximate surface area is 119 Å². The molecule has 0 aromatic carbocycles. The molecule has 2 N–H and O–H groups in total. The van der Waals surface area contributed by atoms with Crippen molar-refractivity contribution < 1.29 is 4.74 Å². The van der Waals surface area contributed by atoms with Crippen molar-refractivity contribution in [1.29, 1.82) is 0 Å². The Hall–Kier alpha value is -1.63. The monoisotopic (exact) mass is 278 g/mol. The highest BCUT2D eigenvalue weighted by Gasteiger charge is 2.32. The Kier molecular flexibility index (Phi) is 3.60. The normalized spacial score (nSPS) is 21.2. The molecule has 110 valence electrons. The molecule has 1 saturated carbocycles. The number of morpholine rings is 1. The van der Waals surface area contributed by atoms with Gasteiger partial charge in [0.05, 0.1) is 13.2 Å². The van der Waals surface area contributed by atoms with Crippen LogP contribution in [0.5, 0.6) is 0 Å². The summed E-state index contributed by atoms with van der Waals surface area (Å²) in [6.45, 7) is 5.31. The van der Waals surface area contributed by atoms with E-state index in [1.165, 1.54) is 19.3 Å². The highest BCUT2D eigenvalue weighted by Crippen LogP contribution is 2.34. The summed E-state index contributed by atoms with van der Waals surface area (Å²) in [6.07, 6.45) is 3.60. The van der Waals surface area contributed by atoms with Gasteiger partial charge in [0.15, 0.2) is 0 Å². The Morgan fingerprint density at radius 2 is 1.80 bits per heavy atom. The fraction of sp³-hybridized carbons (Fsp3) is 0.769. The SMILES string of the molecule is CNc1nc(NC2(C)CCC2)nc(N2CCOCC2)n1. The zero-order valence-electron chi connectivity index (χ0n) is 12.1. The van der Waals surface area contributed by atoms with Gasteiger partial charge in [0.1, 0.15) is 0 Å². The maximum atomic E-state index is 5.37. The standard InChI is InChI=1S/C13H22N6O/c1-13(4-3-5-13)18-11-15-10(14-2)16-12(17-11)19-6-8-20-9-7-19/h3-9H2,1-2H3,(H2,14,15,16,17,18). The molecule has 0 spiro atoms. The molecular formula is C13H22N6O. The van der Waals surface area contributed by atoms with Gasteiger partial charge in [-0.25, -0.2) is 0 Å². The summed E-state index contributed by atoms with van der Waals surface area (Å²) in [6, 6.07) is 0. The van der Waals surface area contributed by atoms with Crippen LogP contribution in [0.4, 0.5) is 17.8 Å². The zero-order valence-corrected chi connectivity index (χ0v) is 12.1. The summed E-state index contributed by atoms with van der Waals surface area (Å²) in [7, 11) is 1.83. The molecule has 0 unspecified atom stereocenters. The number of rotatable bonds is 4. The minimum atomic E-state index is 0.134. The molecule has 1 aromatic heterocycles. The lowest BCUT2D eigenvalue weighted by atomic mass is 9.79. The van der Waals surface area contributed by atoms with Crippen LogP contribution in [0.25, 0.3) is 0 Å². The number of hydrogen-bond acceptors (Lipinski definition) is 7. The van der Waals surface area contributed by atoms with Crippen LogP contribution in [0.3, 0.4) is 0 Å². The predicted octanol–water partition coefficient (Wildman–Crippen LogP) is 1.10. The van der Waals surface area contributed by atoms with E-state index in [1.54, 1.807) is 0 Å². The lowest BCUT2D eigenvalue weighted by molar-refractivity contribution is 0.122. The second-order valence-corrected chi connectivity index (χ2v) is 5.67. The van der Waals surface area contributed by atoms with E-state index in [0.29, 0.717) is 11.9 Å². The molecule has 0 radical (unpaired) electrons. The average molecular weight is 278 g/mol. The number of hydrogen-bond donors (Lipinski definition) is 2. The summed E-state index contributed by atoms with van der Waals surface area (Å²) < 4.78 is 5.37. The minimum absolute atomic E-state index is 0.134. The van der Waals surface area contributed by atoms with Crippen LogP contribution < -0.4 is 15.5 Å². The molecule has 0 atom stereocenters. The van der Waals surface area contributed by atoms with E-state index in [-0.39, 0.29) is 5.54 Å². The van der Waals surface area contributed by atoms with Crippen LogP contribution in [-0.2, 0) is 4.74 Å². The lowest BCUT2D eigenvalue weighted by Crippen LogP contribution is -2.42. The van der Waals surface area contributed by atoms with E-state index in [4.69, 9.17) is 4.74 Å². The van der Waals surface area contributed by atoms with Gasteiger partial charge in [-0.15, -0.1) is 0 Å². The molecule has 7 nitrogen and oxygen atoms in total. The van der Waals surface area contributed by atoms with Crippen molar-refractivity contribution >= 4 is 17.8 Å². The summed E-state index contributed by atoms with van der Waals surface area (Å²) in [4.78, 5) is 15.6. The smallest absolute Gasteiger partial charge is 0.232 e. The van der Waals surface area contributed by atoms with E-state index in [2.05, 4.69) is 37.4 Å². The quantitative estimate of drug-likeness (QED) is 0.854. The highest BCUT2D eigenvalue weighted by atomic mass is 16.5. The van der Waals surface area contributed by atoms with E-state index < -0.39 is 0 Å². The van der Waals surface area contributed by atoms with E-state index >= 15 is 0 Å². The summed E-state index contributed by atoms with van der Waals surface area (Å²) in [5.41, 5.74) is 0.134. The van der Waals surface area contributed by atoms with Gasteiger partial charge >= 0.3 is 0 Å². The van der Waals surface area contributed by atoms with Gasteiger partial charge in [-0.3, -0.25) is 0 Å². The first-order chi connectivity index (χ1) is 9.68. The summed E-state index contributed by atoms with van der Waals surface area (Å²) in [5, 5.41) is 6.46. The molecule has 0 amide bonds. The first kappa shape index (κ1) is 13.4. The molecule has 1 aliphatic carbocycles. The van der Waals surface area contributed by atoms with Crippen LogP contribution >= 0.6 is 0 Å². The lowest BCUT2D eigenvalue weighted by Gasteiger charge is -2.39. The molecule has 2 heterocycles. The fourth-order valence-electron chi connectivity index (χ4n) is 2.54. The van der Waals surface area contributed by atoms with Crippen molar-refractivity contribution in [2.75, 3.05) is 48.9 Å². The van der Waals surface area contributed by atoms with Gasteiger partial charge in [0, 0.05) is 25.7 Å². The van der Waals surface area contributed by atoms with Crippen LogP contribution in [-0.4, -0.2) is 53.8 Å². The second-order valence-electron chi connectivity index (χ2n) is 5.67. The second kappa shape index (κ2) is 5.40. The third kappa shape index (κ3) is 2.77. The van der Waals surface area contributed by atoms with Crippen molar-refractivity contribution in [3.63, 3.8) is 0 Å². The Balaban J connectivity index is 1.82. The van der Waals surface area contributed by atoms with Crippen LogP contribution in [0.1, 0.15) is 26.2 Å². The number of nitrogens with zero attached hydrogens (tertiary/aromatic N) is 4. The molecule has 1 saturated heterocycles. The van der Waals surface area contributed by atoms with E-state index in [0.717, 1.165) is 32.3 Å². The number of aromatic nitrogens is 3. The van der Waals surface area contributed by atoms with Gasteiger partial charge in [0.25, 0.3) is 0 Å². The molecule has 7 heteroatoms. The highest BCUT2D eigenvalue weighted by molar-refractivity contribution is 5.45. The Bertz CT molecular complexity index is 470. The summed E-state index contributed by atoms with van der Waals surface area (Å²) in [5.74, 6) is 1.98. The number of ether oxygens (including phenoxy) is 1. The van der Waals surface area contributed by atoms with Crippen LogP contribution in [0.2, 0.25) is 0 Å². The average Bonchev–Trinajstić information content (AvgIpc) is 2.46. The molecular weight excluding hydrogens is 256 g/mol. The predicted molar refractivity (Wildman–Crippen MR) is 78.3 cm³/mol. The van der Waals surface area contributed by atoms with Gasteiger partial charge in [-0.2, -0.15) is 15.0 Å². The Morgan fingerprint density at radius 3 is 2.40 bits per heavy atom. The van der Waals surface area contributed by atoms with Crippen molar-refractivity contribution in [3.05, 3.63) is 0 Å². The zero-order chi connectivity index (χ0) is 14.0. The van der Waals surface area contributed by atoms with Gasteiger partial charge in [0.2, 0.25) is 17.8 Å². The largest absolute Gasteiger partial charge is 0.378 e. The molecule has 3 rings (SSSR count). The fourth-order valence-corrected chi connectivity index (χ4v) is 2.54. The number of nitrogens with one attached hydrogen (secondary N) is 2. The molecule has 1 aromatic rings. The summed E-state index contributed by atoms with van der Waals surface area (Å²) >= 11 is 0. The van der Waals surface area contributed by atoms with Crippen LogP contribution in [0.15, 0.2) is 0 Å². The molecule has 2 aliphatic rings. The maximum absolute atomic E-state index is 5.37. The van der Waals surface area contributed by atoms with Gasteiger partial charge in [-0.1, -0.05) is 0 Å². The van der Waals surface area contributed by atoms with Gasteiger partial charge in [-0.05, 0) is 26.2 Å². The van der Waals surface area contributed by atoms with Crippen molar-refractivity contribution in [3.8, 4) is 0 Å². The topological polar surface area (TPSA) is 75.2 Å². The van der Waals surface area contributed by atoms with Crippen molar-refractivity contribution in [2.45, 2.75) is 31.7 Å². The first-order valence-electron chi connectivity index (χ1n) is 7.23. The molecule has 2 fully saturated rings. The third-order valence-corrected chi connectivity index (χ3v) is 4.01. The molecule has 20 heavy (non-hydrogen) atoms. The van der Waals surface area contributed by atoms with Gasteiger partial charge < -0.3 is 20.3 Å². The van der Waals surface area contributed by atoms with Crippen LogP contribution in [0, 0.1) is 0 Å². The van der Waals surface area contributed by atoms with E-state index in [1.807, 2.05) is 7.05 Å². The minimum Gasteiger partial charge on any atom is -0.378 e. The van der Waals surface area contributed by atoms with Crippen molar-refractivity contribution in [1.82, 2.24) is 15.0 Å². The number of anilines is 3. The maximum Gasteiger partial charge on any atom is 0.232 e.